The van der Waals surface area contributed by atoms with Crippen LogP contribution in [-0.2, 0) is 17.6 Å². The van der Waals surface area contributed by atoms with Crippen molar-refractivity contribution in [1.29, 1.82) is 0 Å². The van der Waals surface area contributed by atoms with Crippen molar-refractivity contribution in [3.05, 3.63) is 75.1 Å². The van der Waals surface area contributed by atoms with Crippen molar-refractivity contribution in [2.75, 3.05) is 10.6 Å². The number of ether oxygens (including phenoxy) is 1. The fourth-order valence-corrected chi connectivity index (χ4v) is 5.58. The SMILES string of the molecule is Cc1ccccc1NC(=O)c1c(NC(=O)[C@@H](C)Oc2cccc(Cl)c2)sc2c1CC[C@H](C)C2. The van der Waals surface area contributed by atoms with Gasteiger partial charge in [-0.1, -0.05) is 42.8 Å². The lowest BCUT2D eigenvalue weighted by Crippen LogP contribution is -2.30. The Balaban J connectivity index is 1.58. The molecule has 0 bridgehead atoms. The van der Waals surface area contributed by atoms with E-state index in [4.69, 9.17) is 16.3 Å². The number of fused-ring (bicyclic) bond motifs is 1. The summed E-state index contributed by atoms with van der Waals surface area (Å²) in [4.78, 5) is 27.5. The first-order valence-corrected chi connectivity index (χ1v) is 12.3. The van der Waals surface area contributed by atoms with E-state index in [1.807, 2.05) is 31.2 Å². The van der Waals surface area contributed by atoms with Crippen LogP contribution in [0, 0.1) is 12.8 Å². The van der Waals surface area contributed by atoms with E-state index in [2.05, 4.69) is 17.6 Å². The van der Waals surface area contributed by atoms with Gasteiger partial charge in [0.05, 0.1) is 5.56 Å². The number of halogens is 1. The van der Waals surface area contributed by atoms with E-state index in [0.717, 1.165) is 36.1 Å². The van der Waals surface area contributed by atoms with Crippen molar-refractivity contribution in [2.24, 2.45) is 5.92 Å². The minimum absolute atomic E-state index is 0.199. The summed E-state index contributed by atoms with van der Waals surface area (Å²) in [5.74, 6) is 0.556. The third-order valence-corrected chi connectivity index (χ3v) is 7.25. The summed E-state index contributed by atoms with van der Waals surface area (Å²) >= 11 is 7.51. The topological polar surface area (TPSA) is 67.4 Å². The van der Waals surface area contributed by atoms with Gasteiger partial charge >= 0.3 is 0 Å². The van der Waals surface area contributed by atoms with Crippen LogP contribution < -0.4 is 15.4 Å². The molecule has 2 amide bonds. The molecular formula is C26H27ClN2O3S. The van der Waals surface area contributed by atoms with Crippen molar-refractivity contribution < 1.29 is 14.3 Å². The Morgan fingerprint density at radius 2 is 1.94 bits per heavy atom. The third kappa shape index (κ3) is 5.40. The van der Waals surface area contributed by atoms with Crippen LogP contribution in [-0.4, -0.2) is 17.9 Å². The van der Waals surface area contributed by atoms with Crippen molar-refractivity contribution in [3.63, 3.8) is 0 Å². The van der Waals surface area contributed by atoms with Crippen molar-refractivity contribution in [1.82, 2.24) is 0 Å². The molecule has 1 aliphatic rings. The molecular weight excluding hydrogens is 456 g/mol. The molecule has 7 heteroatoms. The number of carbonyl (C=O) groups is 2. The van der Waals surface area contributed by atoms with Crippen molar-refractivity contribution in [2.45, 2.75) is 46.1 Å². The van der Waals surface area contributed by atoms with E-state index in [9.17, 15) is 9.59 Å². The zero-order chi connectivity index (χ0) is 23.5. The first-order chi connectivity index (χ1) is 15.8. The molecule has 0 fully saturated rings. The van der Waals surface area contributed by atoms with Gasteiger partial charge in [-0.3, -0.25) is 9.59 Å². The minimum Gasteiger partial charge on any atom is -0.481 e. The molecule has 172 valence electrons. The molecule has 0 spiro atoms. The number of hydrogen-bond donors (Lipinski definition) is 2. The van der Waals surface area contributed by atoms with Gasteiger partial charge in [0.2, 0.25) is 0 Å². The zero-order valence-electron chi connectivity index (χ0n) is 18.9. The van der Waals surface area contributed by atoms with Gasteiger partial charge in [-0.15, -0.1) is 11.3 Å². The van der Waals surface area contributed by atoms with Gasteiger partial charge in [0, 0.05) is 15.6 Å². The van der Waals surface area contributed by atoms with Gasteiger partial charge in [0.15, 0.2) is 6.10 Å². The highest BCUT2D eigenvalue weighted by Gasteiger charge is 2.29. The molecule has 33 heavy (non-hydrogen) atoms. The highest BCUT2D eigenvalue weighted by Crippen LogP contribution is 2.40. The molecule has 0 saturated carbocycles. The van der Waals surface area contributed by atoms with Gasteiger partial charge in [0.25, 0.3) is 11.8 Å². The predicted octanol–water partition coefficient (Wildman–Crippen LogP) is 6.49. The van der Waals surface area contributed by atoms with E-state index in [1.165, 1.54) is 16.2 Å². The second kappa shape index (κ2) is 9.98. The molecule has 1 heterocycles. The third-order valence-electron chi connectivity index (χ3n) is 5.85. The molecule has 2 aromatic carbocycles. The molecule has 2 N–H and O–H groups in total. The summed E-state index contributed by atoms with van der Waals surface area (Å²) in [6.07, 6.45) is 2.01. The Bertz CT molecular complexity index is 1190. The van der Waals surface area contributed by atoms with Crippen LogP contribution in [0.2, 0.25) is 5.02 Å². The molecule has 0 radical (unpaired) electrons. The number of aryl methyl sites for hydroxylation is 1. The lowest BCUT2D eigenvalue weighted by molar-refractivity contribution is -0.122. The number of para-hydroxylation sites is 1. The number of thiophene rings is 1. The van der Waals surface area contributed by atoms with Gasteiger partial charge in [0.1, 0.15) is 10.8 Å². The summed E-state index contributed by atoms with van der Waals surface area (Å²) in [5.41, 5.74) is 3.36. The maximum atomic E-state index is 13.4. The highest BCUT2D eigenvalue weighted by atomic mass is 35.5. The Labute approximate surface area is 203 Å². The zero-order valence-corrected chi connectivity index (χ0v) is 20.5. The van der Waals surface area contributed by atoms with Crippen LogP contribution >= 0.6 is 22.9 Å². The molecule has 2 atom stereocenters. The second-order valence-electron chi connectivity index (χ2n) is 8.53. The minimum atomic E-state index is -0.756. The Morgan fingerprint density at radius 3 is 2.70 bits per heavy atom. The van der Waals surface area contributed by atoms with Crippen LogP contribution in [0.3, 0.4) is 0 Å². The van der Waals surface area contributed by atoms with Crippen molar-refractivity contribution in [3.8, 4) is 5.75 Å². The molecule has 0 unspecified atom stereocenters. The fourth-order valence-electron chi connectivity index (χ4n) is 3.99. The lowest BCUT2D eigenvalue weighted by Gasteiger charge is -2.19. The number of nitrogens with one attached hydrogen (secondary N) is 2. The van der Waals surface area contributed by atoms with Gasteiger partial charge in [-0.25, -0.2) is 0 Å². The van der Waals surface area contributed by atoms with Gasteiger partial charge < -0.3 is 15.4 Å². The quantitative estimate of drug-likeness (QED) is 0.421. The second-order valence-corrected chi connectivity index (χ2v) is 10.1. The summed E-state index contributed by atoms with van der Waals surface area (Å²) < 4.78 is 5.77. The first-order valence-electron chi connectivity index (χ1n) is 11.1. The van der Waals surface area contributed by atoms with E-state index >= 15 is 0 Å². The number of benzene rings is 2. The molecule has 5 nitrogen and oxygen atoms in total. The van der Waals surface area contributed by atoms with Gasteiger partial charge in [-0.05, 0) is 74.4 Å². The van der Waals surface area contributed by atoms with Crippen LogP contribution in [0.15, 0.2) is 48.5 Å². The van der Waals surface area contributed by atoms with E-state index in [1.54, 1.807) is 31.2 Å². The number of anilines is 2. The molecule has 3 aromatic rings. The molecule has 0 aliphatic heterocycles. The fraction of sp³-hybridized carbons (Fsp3) is 0.308. The smallest absolute Gasteiger partial charge is 0.265 e. The van der Waals surface area contributed by atoms with Crippen LogP contribution in [0.1, 0.15) is 46.6 Å². The van der Waals surface area contributed by atoms with Crippen molar-refractivity contribution >= 4 is 45.4 Å². The van der Waals surface area contributed by atoms with E-state index in [-0.39, 0.29) is 11.8 Å². The molecule has 0 saturated heterocycles. The van der Waals surface area contributed by atoms with Gasteiger partial charge in [-0.2, -0.15) is 0 Å². The van der Waals surface area contributed by atoms with Crippen LogP contribution in [0.4, 0.5) is 10.7 Å². The maximum Gasteiger partial charge on any atom is 0.265 e. The average molecular weight is 483 g/mol. The standard InChI is InChI=1S/C26H27ClN2O3S/c1-15-11-12-20-22(13-15)33-26(23(20)25(31)28-21-10-5-4-7-16(21)2)29-24(30)17(3)32-19-9-6-8-18(27)14-19/h4-10,14-15,17H,11-13H2,1-3H3,(H,28,31)(H,29,30)/t15-,17+/m0/s1. The van der Waals surface area contributed by atoms with Crippen LogP contribution in [0.25, 0.3) is 0 Å². The number of carbonyl (C=O) groups excluding carboxylic acids is 2. The summed E-state index contributed by atoms with van der Waals surface area (Å²) in [6, 6.07) is 14.6. The summed E-state index contributed by atoms with van der Waals surface area (Å²) in [5, 5.41) is 7.11. The number of hydrogen-bond acceptors (Lipinski definition) is 4. The molecule has 1 aromatic heterocycles. The largest absolute Gasteiger partial charge is 0.481 e. The Morgan fingerprint density at radius 1 is 1.15 bits per heavy atom. The maximum absolute atomic E-state index is 13.4. The summed E-state index contributed by atoms with van der Waals surface area (Å²) in [6.45, 7) is 5.85. The van der Waals surface area contributed by atoms with Crippen LogP contribution in [0.5, 0.6) is 5.75 Å². The lowest BCUT2D eigenvalue weighted by atomic mass is 9.88. The monoisotopic (exact) mass is 482 g/mol. The Hall–Kier alpha value is -2.83. The molecule has 4 rings (SSSR count). The van der Waals surface area contributed by atoms with E-state index < -0.39 is 6.10 Å². The predicted molar refractivity (Wildman–Crippen MR) is 135 cm³/mol. The summed E-state index contributed by atoms with van der Waals surface area (Å²) in [7, 11) is 0. The Kier molecular flexibility index (Phi) is 7.05. The van der Waals surface area contributed by atoms with E-state index in [0.29, 0.717) is 27.3 Å². The number of rotatable bonds is 6. The first kappa shape index (κ1) is 23.3. The normalized spacial score (nSPS) is 15.9. The molecule has 1 aliphatic carbocycles. The highest BCUT2D eigenvalue weighted by molar-refractivity contribution is 7.17. The number of amides is 2. The average Bonchev–Trinajstić information content (AvgIpc) is 3.12.